The van der Waals surface area contributed by atoms with Crippen LogP contribution in [0.4, 0.5) is 5.69 Å². The highest BCUT2D eigenvalue weighted by Gasteiger charge is 2.20. The number of carbonyl (C=O) groups is 2. The number of nitrogens with one attached hydrogen (secondary N) is 1. The standard InChI is InChI=1S/C17H13ClN2O3/c1-11(23-17(22)14-4-2-3-5-15(14)18)16(21)20-13-8-6-12(10-19)7-9-13/h2-9,11H,1H3,(H,20,21)/t11-/m0/s1. The smallest absolute Gasteiger partial charge is 0.340 e. The second kappa shape index (κ2) is 7.43. The molecule has 116 valence electrons. The molecule has 0 aromatic heterocycles. The van der Waals surface area contributed by atoms with Gasteiger partial charge in [-0.2, -0.15) is 5.26 Å². The van der Waals surface area contributed by atoms with Crippen LogP contribution in [0.25, 0.3) is 0 Å². The van der Waals surface area contributed by atoms with E-state index in [1.165, 1.54) is 13.0 Å². The fourth-order valence-electron chi connectivity index (χ4n) is 1.78. The Morgan fingerprint density at radius 1 is 1.17 bits per heavy atom. The first kappa shape index (κ1) is 16.5. The van der Waals surface area contributed by atoms with E-state index in [0.29, 0.717) is 11.3 Å². The Bertz CT molecular complexity index is 766. The Morgan fingerprint density at radius 3 is 2.43 bits per heavy atom. The largest absolute Gasteiger partial charge is 0.449 e. The van der Waals surface area contributed by atoms with Gasteiger partial charge in [0, 0.05) is 5.69 Å². The van der Waals surface area contributed by atoms with Crippen molar-refractivity contribution >= 4 is 29.2 Å². The molecule has 0 aliphatic heterocycles. The van der Waals surface area contributed by atoms with Gasteiger partial charge in [0.15, 0.2) is 6.10 Å². The van der Waals surface area contributed by atoms with Gasteiger partial charge in [0.2, 0.25) is 0 Å². The maximum absolute atomic E-state index is 12.0. The van der Waals surface area contributed by atoms with Gasteiger partial charge in [0.25, 0.3) is 5.91 Å². The molecule has 0 unspecified atom stereocenters. The number of hydrogen-bond acceptors (Lipinski definition) is 4. The number of halogens is 1. The lowest BCUT2D eigenvalue weighted by Gasteiger charge is -2.14. The molecule has 1 atom stereocenters. The Labute approximate surface area is 138 Å². The van der Waals surface area contributed by atoms with Crippen molar-refractivity contribution in [2.75, 3.05) is 5.32 Å². The monoisotopic (exact) mass is 328 g/mol. The van der Waals surface area contributed by atoms with E-state index in [0.717, 1.165) is 0 Å². The van der Waals surface area contributed by atoms with Gasteiger partial charge in [-0.05, 0) is 43.3 Å². The van der Waals surface area contributed by atoms with E-state index in [1.54, 1.807) is 42.5 Å². The van der Waals surface area contributed by atoms with Gasteiger partial charge in [0.05, 0.1) is 22.2 Å². The second-order valence-electron chi connectivity index (χ2n) is 4.71. The molecule has 2 aromatic rings. The number of hydrogen-bond donors (Lipinski definition) is 1. The number of amides is 1. The van der Waals surface area contributed by atoms with Crippen LogP contribution >= 0.6 is 11.6 Å². The average Bonchev–Trinajstić information content (AvgIpc) is 2.55. The highest BCUT2D eigenvalue weighted by atomic mass is 35.5. The summed E-state index contributed by atoms with van der Waals surface area (Å²) in [5.41, 5.74) is 1.20. The average molecular weight is 329 g/mol. The van der Waals surface area contributed by atoms with Gasteiger partial charge in [-0.3, -0.25) is 4.79 Å². The predicted octanol–water partition coefficient (Wildman–Crippen LogP) is 3.40. The number of nitriles is 1. The van der Waals surface area contributed by atoms with E-state index in [1.807, 2.05) is 6.07 Å². The summed E-state index contributed by atoms with van der Waals surface area (Å²) in [6.07, 6.45) is -0.991. The zero-order valence-corrected chi connectivity index (χ0v) is 13.0. The van der Waals surface area contributed by atoms with Crippen molar-refractivity contribution in [3.05, 3.63) is 64.7 Å². The van der Waals surface area contributed by atoms with Crippen molar-refractivity contribution < 1.29 is 14.3 Å². The van der Waals surface area contributed by atoms with Crippen LogP contribution in [0, 0.1) is 11.3 Å². The van der Waals surface area contributed by atoms with E-state index in [4.69, 9.17) is 21.6 Å². The molecule has 2 aromatic carbocycles. The van der Waals surface area contributed by atoms with Crippen LogP contribution in [0.1, 0.15) is 22.8 Å². The second-order valence-corrected chi connectivity index (χ2v) is 5.11. The molecule has 0 radical (unpaired) electrons. The van der Waals surface area contributed by atoms with Crippen molar-refractivity contribution in [3.63, 3.8) is 0 Å². The van der Waals surface area contributed by atoms with Crippen molar-refractivity contribution in [2.24, 2.45) is 0 Å². The quantitative estimate of drug-likeness (QED) is 0.872. The zero-order valence-electron chi connectivity index (χ0n) is 12.2. The zero-order chi connectivity index (χ0) is 16.8. The molecule has 0 bridgehead atoms. The summed E-state index contributed by atoms with van der Waals surface area (Å²) in [5, 5.41) is 11.6. The van der Waals surface area contributed by atoms with E-state index in [-0.39, 0.29) is 10.6 Å². The summed E-state index contributed by atoms with van der Waals surface area (Å²) < 4.78 is 5.11. The van der Waals surface area contributed by atoms with Gasteiger partial charge < -0.3 is 10.1 Å². The molecule has 0 saturated heterocycles. The minimum Gasteiger partial charge on any atom is -0.449 e. The molecular weight excluding hydrogens is 316 g/mol. The molecular formula is C17H13ClN2O3. The molecule has 0 aliphatic rings. The number of rotatable bonds is 4. The van der Waals surface area contributed by atoms with E-state index in [2.05, 4.69) is 5.32 Å². The molecule has 0 fully saturated rings. The number of benzene rings is 2. The van der Waals surface area contributed by atoms with E-state index < -0.39 is 18.0 Å². The van der Waals surface area contributed by atoms with Crippen LogP contribution in [0.3, 0.4) is 0 Å². The first-order valence-corrected chi connectivity index (χ1v) is 7.15. The normalized spacial score (nSPS) is 11.2. The number of carbonyl (C=O) groups excluding carboxylic acids is 2. The summed E-state index contributed by atoms with van der Waals surface area (Å²) >= 11 is 5.91. The third-order valence-corrected chi connectivity index (χ3v) is 3.36. The third-order valence-electron chi connectivity index (χ3n) is 3.03. The fraction of sp³-hybridized carbons (Fsp3) is 0.118. The summed E-state index contributed by atoms with van der Waals surface area (Å²) in [6.45, 7) is 1.47. The van der Waals surface area contributed by atoms with Crippen LogP contribution in [-0.4, -0.2) is 18.0 Å². The van der Waals surface area contributed by atoms with Gasteiger partial charge >= 0.3 is 5.97 Å². The number of nitrogens with zero attached hydrogens (tertiary/aromatic N) is 1. The summed E-state index contributed by atoms with van der Waals surface area (Å²) in [5.74, 6) is -1.15. The molecule has 0 aliphatic carbocycles. The third kappa shape index (κ3) is 4.31. The molecule has 6 heteroatoms. The molecule has 0 saturated carbocycles. The van der Waals surface area contributed by atoms with Gasteiger partial charge in [-0.1, -0.05) is 23.7 Å². The minimum atomic E-state index is -0.991. The van der Waals surface area contributed by atoms with Crippen LogP contribution in [0.2, 0.25) is 5.02 Å². The van der Waals surface area contributed by atoms with Crippen LogP contribution in [0.5, 0.6) is 0 Å². The van der Waals surface area contributed by atoms with Gasteiger partial charge in [-0.15, -0.1) is 0 Å². The summed E-state index contributed by atoms with van der Waals surface area (Å²) in [7, 11) is 0. The number of anilines is 1. The number of esters is 1. The Hall–Kier alpha value is -2.84. The lowest BCUT2D eigenvalue weighted by Crippen LogP contribution is -2.30. The van der Waals surface area contributed by atoms with Crippen LogP contribution in [-0.2, 0) is 9.53 Å². The molecule has 0 heterocycles. The molecule has 5 nitrogen and oxygen atoms in total. The maximum Gasteiger partial charge on any atom is 0.340 e. The highest BCUT2D eigenvalue weighted by Crippen LogP contribution is 2.17. The molecule has 23 heavy (non-hydrogen) atoms. The van der Waals surface area contributed by atoms with Crippen molar-refractivity contribution in [2.45, 2.75) is 13.0 Å². The summed E-state index contributed by atoms with van der Waals surface area (Å²) in [4.78, 5) is 24.0. The van der Waals surface area contributed by atoms with Crippen molar-refractivity contribution in [3.8, 4) is 6.07 Å². The van der Waals surface area contributed by atoms with E-state index in [9.17, 15) is 9.59 Å². The molecule has 1 amide bonds. The first-order chi connectivity index (χ1) is 11.0. The Morgan fingerprint density at radius 2 is 1.83 bits per heavy atom. The number of ether oxygens (including phenoxy) is 1. The van der Waals surface area contributed by atoms with Gasteiger partial charge in [-0.25, -0.2) is 4.79 Å². The summed E-state index contributed by atoms with van der Waals surface area (Å²) in [6, 6.07) is 14.8. The highest BCUT2D eigenvalue weighted by molar-refractivity contribution is 6.33. The van der Waals surface area contributed by atoms with Gasteiger partial charge in [0.1, 0.15) is 0 Å². The molecule has 2 rings (SSSR count). The Balaban J connectivity index is 1.98. The first-order valence-electron chi connectivity index (χ1n) is 6.78. The van der Waals surface area contributed by atoms with Crippen molar-refractivity contribution in [1.29, 1.82) is 5.26 Å². The van der Waals surface area contributed by atoms with Crippen molar-refractivity contribution in [1.82, 2.24) is 0 Å². The Kier molecular flexibility index (Phi) is 5.34. The van der Waals surface area contributed by atoms with Crippen LogP contribution < -0.4 is 5.32 Å². The predicted molar refractivity (Wildman–Crippen MR) is 86.1 cm³/mol. The molecule has 0 spiro atoms. The SMILES string of the molecule is C[C@H](OC(=O)c1ccccc1Cl)C(=O)Nc1ccc(C#N)cc1. The minimum absolute atomic E-state index is 0.201. The maximum atomic E-state index is 12.0. The molecule has 1 N–H and O–H groups in total. The van der Waals surface area contributed by atoms with Crippen LogP contribution in [0.15, 0.2) is 48.5 Å². The lowest BCUT2D eigenvalue weighted by atomic mass is 10.2. The van der Waals surface area contributed by atoms with E-state index >= 15 is 0 Å². The fourth-order valence-corrected chi connectivity index (χ4v) is 1.99. The topological polar surface area (TPSA) is 79.2 Å². The lowest BCUT2D eigenvalue weighted by molar-refractivity contribution is -0.123.